The summed E-state index contributed by atoms with van der Waals surface area (Å²) in [6.45, 7) is 2.80. The third kappa shape index (κ3) is 3.83. The van der Waals surface area contributed by atoms with Crippen molar-refractivity contribution in [2.75, 3.05) is 18.4 Å². The van der Waals surface area contributed by atoms with Crippen molar-refractivity contribution in [3.8, 4) is 0 Å². The van der Waals surface area contributed by atoms with Gasteiger partial charge >= 0.3 is 6.03 Å². The van der Waals surface area contributed by atoms with Gasteiger partial charge in [0.05, 0.1) is 5.69 Å². The summed E-state index contributed by atoms with van der Waals surface area (Å²) >= 11 is 0. The molecule has 0 unspecified atom stereocenters. The first-order valence-electron chi connectivity index (χ1n) is 8.94. The van der Waals surface area contributed by atoms with Gasteiger partial charge in [-0.1, -0.05) is 42.5 Å². The Balaban J connectivity index is 1.34. The molecule has 1 aromatic heterocycles. The lowest BCUT2D eigenvalue weighted by atomic mass is 10.1. The van der Waals surface area contributed by atoms with Crippen LogP contribution >= 0.6 is 0 Å². The molecule has 26 heavy (non-hydrogen) atoms. The van der Waals surface area contributed by atoms with Crippen LogP contribution in [0.1, 0.15) is 12.0 Å². The molecule has 0 bridgehead atoms. The lowest BCUT2D eigenvalue weighted by molar-refractivity contribution is 0.247. The van der Waals surface area contributed by atoms with Crippen LogP contribution in [0.4, 0.5) is 10.5 Å². The summed E-state index contributed by atoms with van der Waals surface area (Å²) in [6, 6.07) is 18.2. The molecular weight excluding hydrogens is 324 g/mol. The highest BCUT2D eigenvalue weighted by molar-refractivity contribution is 6.01. The predicted molar refractivity (Wildman–Crippen MR) is 104 cm³/mol. The number of urea groups is 1. The highest BCUT2D eigenvalue weighted by atomic mass is 16.2. The van der Waals surface area contributed by atoms with Crippen LogP contribution in [0.25, 0.3) is 10.8 Å². The second-order valence-electron chi connectivity index (χ2n) is 6.71. The maximum Gasteiger partial charge on any atom is 0.319 e. The molecule has 0 radical (unpaired) electrons. The lowest BCUT2D eigenvalue weighted by Gasteiger charge is -2.17. The van der Waals surface area contributed by atoms with Gasteiger partial charge in [-0.2, -0.15) is 0 Å². The van der Waals surface area contributed by atoms with E-state index in [1.54, 1.807) is 12.4 Å². The van der Waals surface area contributed by atoms with Gasteiger partial charge in [-0.3, -0.25) is 9.88 Å². The van der Waals surface area contributed by atoms with E-state index in [9.17, 15) is 4.79 Å². The van der Waals surface area contributed by atoms with Gasteiger partial charge in [0.1, 0.15) is 0 Å². The van der Waals surface area contributed by atoms with Gasteiger partial charge in [0.15, 0.2) is 0 Å². The maximum absolute atomic E-state index is 12.4. The number of likely N-dealkylation sites (tertiary alicyclic amines) is 1. The summed E-state index contributed by atoms with van der Waals surface area (Å²) < 4.78 is 0. The number of benzene rings is 2. The Hall–Kier alpha value is -2.92. The molecule has 2 N–H and O–H groups in total. The summed E-state index contributed by atoms with van der Waals surface area (Å²) in [5.74, 6) is 0. The highest BCUT2D eigenvalue weighted by Crippen LogP contribution is 2.22. The van der Waals surface area contributed by atoms with Crippen LogP contribution in [0.3, 0.4) is 0 Å². The molecule has 5 heteroatoms. The molecule has 4 rings (SSSR count). The minimum absolute atomic E-state index is 0.152. The van der Waals surface area contributed by atoms with E-state index in [1.165, 1.54) is 5.56 Å². The van der Waals surface area contributed by atoms with Crippen LogP contribution in [0, 0.1) is 0 Å². The van der Waals surface area contributed by atoms with Gasteiger partial charge in [-0.05, 0) is 24.1 Å². The SMILES string of the molecule is O=C(Nc1cccc2cnccc12)N[C@@H]1CCN(Cc2ccccc2)C1. The molecule has 1 aliphatic rings. The molecule has 2 heterocycles. The fourth-order valence-electron chi connectivity index (χ4n) is 3.51. The zero-order valence-corrected chi connectivity index (χ0v) is 14.6. The normalized spacial score (nSPS) is 17.3. The standard InChI is InChI=1S/C21H22N4O/c26-21(24-20-8-4-7-17-13-22-11-9-19(17)20)23-18-10-12-25(15-18)14-16-5-2-1-3-6-16/h1-9,11,13,18H,10,12,14-15H2,(H2,23,24,26)/t18-/m1/s1. The Kier molecular flexibility index (Phi) is 4.80. The number of aromatic nitrogens is 1. The van der Waals surface area contributed by atoms with E-state index < -0.39 is 0 Å². The van der Waals surface area contributed by atoms with E-state index in [-0.39, 0.29) is 12.1 Å². The molecule has 1 atom stereocenters. The average molecular weight is 346 g/mol. The summed E-state index contributed by atoms with van der Waals surface area (Å²) in [5.41, 5.74) is 2.11. The maximum atomic E-state index is 12.4. The van der Waals surface area contributed by atoms with Crippen LogP contribution in [-0.2, 0) is 6.54 Å². The van der Waals surface area contributed by atoms with Crippen molar-refractivity contribution in [1.29, 1.82) is 0 Å². The third-order valence-corrected chi connectivity index (χ3v) is 4.79. The number of amides is 2. The van der Waals surface area contributed by atoms with Crippen molar-refractivity contribution in [2.24, 2.45) is 0 Å². The molecule has 3 aromatic rings. The van der Waals surface area contributed by atoms with Crippen molar-refractivity contribution in [3.63, 3.8) is 0 Å². The van der Waals surface area contributed by atoms with E-state index in [0.717, 1.165) is 42.5 Å². The van der Waals surface area contributed by atoms with Crippen molar-refractivity contribution in [3.05, 3.63) is 72.6 Å². The molecule has 0 saturated carbocycles. The lowest BCUT2D eigenvalue weighted by Crippen LogP contribution is -2.39. The molecule has 1 fully saturated rings. The summed E-state index contributed by atoms with van der Waals surface area (Å²) in [5, 5.41) is 8.09. The van der Waals surface area contributed by atoms with Crippen LogP contribution < -0.4 is 10.6 Å². The first-order valence-corrected chi connectivity index (χ1v) is 8.94. The van der Waals surface area contributed by atoms with Crippen molar-refractivity contribution in [2.45, 2.75) is 19.0 Å². The average Bonchev–Trinajstić information content (AvgIpc) is 3.09. The number of hydrogen-bond donors (Lipinski definition) is 2. The fraction of sp³-hybridized carbons (Fsp3) is 0.238. The molecule has 1 saturated heterocycles. The Labute approximate surface area is 153 Å². The van der Waals surface area contributed by atoms with Gasteiger partial charge in [0.2, 0.25) is 0 Å². The molecular formula is C21H22N4O. The molecule has 5 nitrogen and oxygen atoms in total. The predicted octanol–water partition coefficient (Wildman–Crippen LogP) is 3.63. The molecule has 2 amide bonds. The van der Waals surface area contributed by atoms with E-state index in [1.807, 2.05) is 30.3 Å². The summed E-state index contributed by atoms with van der Waals surface area (Å²) in [6.07, 6.45) is 4.51. The topological polar surface area (TPSA) is 57.3 Å². The highest BCUT2D eigenvalue weighted by Gasteiger charge is 2.23. The first-order chi connectivity index (χ1) is 12.8. The van der Waals surface area contributed by atoms with Crippen LogP contribution in [-0.4, -0.2) is 35.0 Å². The largest absolute Gasteiger partial charge is 0.334 e. The minimum Gasteiger partial charge on any atom is -0.334 e. The first kappa shape index (κ1) is 16.5. The van der Waals surface area contributed by atoms with Crippen molar-refractivity contribution < 1.29 is 4.79 Å². The Bertz CT molecular complexity index is 891. The second-order valence-corrected chi connectivity index (χ2v) is 6.71. The number of fused-ring (bicyclic) bond motifs is 1. The zero-order chi connectivity index (χ0) is 17.8. The van der Waals surface area contributed by atoms with E-state index in [0.29, 0.717) is 0 Å². The number of hydrogen-bond acceptors (Lipinski definition) is 3. The number of anilines is 1. The second kappa shape index (κ2) is 7.54. The van der Waals surface area contributed by atoms with E-state index in [2.05, 4.69) is 44.8 Å². The van der Waals surface area contributed by atoms with Crippen LogP contribution in [0.5, 0.6) is 0 Å². The van der Waals surface area contributed by atoms with Gasteiger partial charge < -0.3 is 10.6 Å². The van der Waals surface area contributed by atoms with Crippen molar-refractivity contribution >= 4 is 22.5 Å². The Morgan fingerprint density at radius 2 is 2.00 bits per heavy atom. The number of carbonyl (C=O) groups excluding carboxylic acids is 1. The number of nitrogens with one attached hydrogen (secondary N) is 2. The molecule has 0 aliphatic carbocycles. The Morgan fingerprint density at radius 1 is 1.12 bits per heavy atom. The molecule has 132 valence electrons. The third-order valence-electron chi connectivity index (χ3n) is 4.79. The molecule has 1 aliphatic heterocycles. The van der Waals surface area contributed by atoms with Gasteiger partial charge in [0, 0.05) is 48.8 Å². The van der Waals surface area contributed by atoms with Crippen LogP contribution in [0.2, 0.25) is 0 Å². The van der Waals surface area contributed by atoms with Crippen molar-refractivity contribution in [1.82, 2.24) is 15.2 Å². The van der Waals surface area contributed by atoms with Crippen LogP contribution in [0.15, 0.2) is 67.0 Å². The number of nitrogens with zero attached hydrogens (tertiary/aromatic N) is 2. The fourth-order valence-corrected chi connectivity index (χ4v) is 3.51. The zero-order valence-electron chi connectivity index (χ0n) is 14.6. The van der Waals surface area contributed by atoms with E-state index in [4.69, 9.17) is 0 Å². The number of carbonyl (C=O) groups is 1. The smallest absolute Gasteiger partial charge is 0.319 e. The Morgan fingerprint density at radius 3 is 2.88 bits per heavy atom. The molecule has 0 spiro atoms. The van der Waals surface area contributed by atoms with Gasteiger partial charge in [-0.15, -0.1) is 0 Å². The minimum atomic E-state index is -0.152. The van der Waals surface area contributed by atoms with Gasteiger partial charge in [-0.25, -0.2) is 4.79 Å². The number of rotatable bonds is 4. The quantitative estimate of drug-likeness (QED) is 0.758. The van der Waals surface area contributed by atoms with E-state index >= 15 is 0 Å². The molecule has 2 aromatic carbocycles. The van der Waals surface area contributed by atoms with Gasteiger partial charge in [0.25, 0.3) is 0 Å². The number of pyridine rings is 1. The monoisotopic (exact) mass is 346 g/mol. The summed E-state index contributed by atoms with van der Waals surface area (Å²) in [7, 11) is 0. The summed E-state index contributed by atoms with van der Waals surface area (Å²) in [4.78, 5) is 18.9.